The number of aromatic nitrogens is 2. The lowest BCUT2D eigenvalue weighted by molar-refractivity contribution is 0.100. The molecule has 6 nitrogen and oxygen atoms in total. The third-order valence-corrected chi connectivity index (χ3v) is 5.99. The Morgan fingerprint density at radius 3 is 2.86 bits per heavy atom. The number of aliphatic hydroxyl groups excluding tert-OH is 1. The number of hydrogen-bond acceptors (Lipinski definition) is 4. The number of fused-ring (bicyclic) bond motifs is 1. The van der Waals surface area contributed by atoms with Crippen molar-refractivity contribution >= 4 is 11.6 Å². The van der Waals surface area contributed by atoms with Crippen LogP contribution in [0, 0.1) is 11.3 Å². The molecule has 4 rings (SSSR count). The van der Waals surface area contributed by atoms with Crippen LogP contribution in [-0.2, 0) is 19.3 Å². The summed E-state index contributed by atoms with van der Waals surface area (Å²) in [5.41, 5.74) is 11.8. The molecule has 1 heterocycles. The lowest BCUT2D eigenvalue weighted by atomic mass is 9.76. The highest BCUT2D eigenvalue weighted by atomic mass is 16.3. The largest absolute Gasteiger partial charge is 0.395 e. The van der Waals surface area contributed by atoms with E-state index in [2.05, 4.69) is 23.8 Å². The fourth-order valence-corrected chi connectivity index (χ4v) is 4.20. The quantitative estimate of drug-likeness (QED) is 0.686. The zero-order valence-corrected chi connectivity index (χ0v) is 16.8. The van der Waals surface area contributed by atoms with Crippen molar-refractivity contribution in [1.29, 1.82) is 0 Å². The van der Waals surface area contributed by atoms with Gasteiger partial charge in [0.15, 0.2) is 0 Å². The average molecular weight is 383 g/mol. The molecule has 28 heavy (non-hydrogen) atoms. The van der Waals surface area contributed by atoms with Crippen LogP contribution in [0.4, 0.5) is 5.69 Å². The van der Waals surface area contributed by atoms with Gasteiger partial charge in [0.2, 0.25) is 0 Å². The van der Waals surface area contributed by atoms with E-state index >= 15 is 0 Å². The van der Waals surface area contributed by atoms with Gasteiger partial charge in [0.05, 0.1) is 23.6 Å². The van der Waals surface area contributed by atoms with E-state index in [1.54, 1.807) is 6.07 Å². The maximum Gasteiger partial charge on any atom is 0.250 e. The van der Waals surface area contributed by atoms with E-state index in [-0.39, 0.29) is 12.0 Å². The van der Waals surface area contributed by atoms with Crippen LogP contribution in [0.5, 0.6) is 0 Å². The second-order valence-electron chi connectivity index (χ2n) is 9.02. The first kappa shape index (κ1) is 19.0. The molecule has 0 aliphatic heterocycles. The highest BCUT2D eigenvalue weighted by Crippen LogP contribution is 2.40. The average Bonchev–Trinajstić information content (AvgIpc) is 3.40. The molecule has 0 atom stereocenters. The molecular weight excluding hydrogens is 352 g/mol. The molecule has 1 amide bonds. The highest BCUT2D eigenvalue weighted by molar-refractivity contribution is 5.98. The molecule has 2 aromatic rings. The summed E-state index contributed by atoms with van der Waals surface area (Å²) >= 11 is 0. The van der Waals surface area contributed by atoms with Gasteiger partial charge in [0, 0.05) is 17.9 Å². The van der Waals surface area contributed by atoms with Gasteiger partial charge in [-0.2, -0.15) is 5.10 Å². The number of benzene rings is 1. The maximum atomic E-state index is 11.8. The second-order valence-corrected chi connectivity index (χ2v) is 9.02. The molecule has 0 spiro atoms. The molecule has 1 saturated carbocycles. The van der Waals surface area contributed by atoms with Crippen molar-refractivity contribution in [1.82, 2.24) is 9.78 Å². The standard InChI is InChI=1S/C22H30N4O2/c1-22(2)8-7-16-19(11-14-3-4-14)25-26(20(16)13-22)15-5-6-17(21(23)28)18(12-15)24-9-10-27/h5-6,12,14,24,27H,3-4,7-11,13H2,1-2H3,(H2,23,28). The molecule has 150 valence electrons. The first-order valence-corrected chi connectivity index (χ1v) is 10.3. The van der Waals surface area contributed by atoms with Crippen molar-refractivity contribution in [3.05, 3.63) is 40.7 Å². The molecule has 0 unspecified atom stereocenters. The molecular formula is C22H30N4O2. The van der Waals surface area contributed by atoms with Gasteiger partial charge in [-0.05, 0) is 73.6 Å². The Labute approximate surface area is 166 Å². The van der Waals surface area contributed by atoms with Gasteiger partial charge in [-0.25, -0.2) is 4.68 Å². The minimum absolute atomic E-state index is 0.0146. The van der Waals surface area contributed by atoms with E-state index in [0.717, 1.165) is 30.9 Å². The molecule has 0 radical (unpaired) electrons. The summed E-state index contributed by atoms with van der Waals surface area (Å²) in [5, 5.41) is 17.3. The van der Waals surface area contributed by atoms with Crippen LogP contribution >= 0.6 is 0 Å². The maximum absolute atomic E-state index is 11.8. The number of carbonyl (C=O) groups excluding carboxylic acids is 1. The smallest absolute Gasteiger partial charge is 0.250 e. The Hall–Kier alpha value is -2.34. The number of rotatable bonds is 7. The molecule has 6 heteroatoms. The Kier molecular flexibility index (Phi) is 4.91. The SMILES string of the molecule is CC1(C)CCc2c(CC3CC3)nn(-c3ccc(C(N)=O)c(NCCO)c3)c2C1. The number of amides is 1. The fraction of sp³-hybridized carbons (Fsp3) is 0.545. The van der Waals surface area contributed by atoms with Crippen molar-refractivity contribution in [2.45, 2.75) is 52.4 Å². The number of hydrogen-bond donors (Lipinski definition) is 3. The predicted octanol–water partition coefficient (Wildman–Crippen LogP) is 2.84. The van der Waals surface area contributed by atoms with Crippen molar-refractivity contribution in [3.63, 3.8) is 0 Å². The molecule has 1 aromatic carbocycles. The monoisotopic (exact) mass is 382 g/mol. The number of anilines is 1. The Balaban J connectivity index is 1.77. The minimum atomic E-state index is -0.481. The zero-order valence-electron chi connectivity index (χ0n) is 16.8. The molecule has 1 aromatic heterocycles. The van der Waals surface area contributed by atoms with Gasteiger partial charge in [-0.1, -0.05) is 13.8 Å². The summed E-state index contributed by atoms with van der Waals surface area (Å²) in [4.78, 5) is 11.8. The normalized spacial score (nSPS) is 18.0. The van der Waals surface area contributed by atoms with Crippen LogP contribution in [0.3, 0.4) is 0 Å². The van der Waals surface area contributed by atoms with Crippen LogP contribution < -0.4 is 11.1 Å². The lowest BCUT2D eigenvalue weighted by Gasteiger charge is -2.30. The molecule has 2 aliphatic rings. The Morgan fingerprint density at radius 2 is 2.18 bits per heavy atom. The van der Waals surface area contributed by atoms with E-state index in [0.29, 0.717) is 17.8 Å². The molecule has 0 saturated heterocycles. The molecule has 2 aliphatic carbocycles. The van der Waals surface area contributed by atoms with E-state index in [1.165, 1.54) is 36.2 Å². The molecule has 4 N–H and O–H groups in total. The van der Waals surface area contributed by atoms with Crippen molar-refractivity contribution in [2.24, 2.45) is 17.1 Å². The Morgan fingerprint density at radius 1 is 1.39 bits per heavy atom. The third-order valence-electron chi connectivity index (χ3n) is 5.99. The van der Waals surface area contributed by atoms with E-state index < -0.39 is 5.91 Å². The summed E-state index contributed by atoms with van der Waals surface area (Å²) < 4.78 is 2.07. The van der Waals surface area contributed by atoms with Crippen LogP contribution in [0.25, 0.3) is 5.69 Å². The second kappa shape index (κ2) is 7.24. The van der Waals surface area contributed by atoms with Crippen molar-refractivity contribution < 1.29 is 9.90 Å². The summed E-state index contributed by atoms with van der Waals surface area (Å²) in [6.07, 6.45) is 6.97. The lowest BCUT2D eigenvalue weighted by Crippen LogP contribution is -2.24. The number of nitrogens with zero attached hydrogens (tertiary/aromatic N) is 2. The van der Waals surface area contributed by atoms with E-state index in [1.807, 2.05) is 12.1 Å². The number of nitrogens with two attached hydrogens (primary N) is 1. The zero-order chi connectivity index (χ0) is 19.9. The van der Waals surface area contributed by atoms with Crippen molar-refractivity contribution in [2.75, 3.05) is 18.5 Å². The van der Waals surface area contributed by atoms with Crippen LogP contribution in [0.2, 0.25) is 0 Å². The van der Waals surface area contributed by atoms with Crippen LogP contribution in [0.15, 0.2) is 18.2 Å². The van der Waals surface area contributed by atoms with E-state index in [9.17, 15) is 4.79 Å². The Bertz CT molecular complexity index is 896. The summed E-state index contributed by atoms with van der Waals surface area (Å²) in [6, 6.07) is 5.59. The summed E-state index contributed by atoms with van der Waals surface area (Å²) in [6.45, 7) is 4.98. The number of aliphatic hydroxyl groups is 1. The minimum Gasteiger partial charge on any atom is -0.395 e. The molecule has 0 bridgehead atoms. The third kappa shape index (κ3) is 3.78. The first-order chi connectivity index (χ1) is 13.4. The van der Waals surface area contributed by atoms with Gasteiger partial charge in [0.25, 0.3) is 5.91 Å². The van der Waals surface area contributed by atoms with Crippen molar-refractivity contribution in [3.8, 4) is 5.69 Å². The molecule has 1 fully saturated rings. The van der Waals surface area contributed by atoms with Gasteiger partial charge in [-0.3, -0.25) is 4.79 Å². The fourth-order valence-electron chi connectivity index (χ4n) is 4.20. The van der Waals surface area contributed by atoms with Gasteiger partial charge >= 0.3 is 0 Å². The summed E-state index contributed by atoms with van der Waals surface area (Å²) in [5.74, 6) is 0.312. The van der Waals surface area contributed by atoms with Crippen LogP contribution in [0.1, 0.15) is 60.4 Å². The number of carbonyl (C=O) groups is 1. The topological polar surface area (TPSA) is 93.2 Å². The van der Waals surface area contributed by atoms with Crippen LogP contribution in [-0.4, -0.2) is 33.9 Å². The van der Waals surface area contributed by atoms with Gasteiger partial charge in [0.1, 0.15) is 0 Å². The first-order valence-electron chi connectivity index (χ1n) is 10.3. The predicted molar refractivity (Wildman–Crippen MR) is 110 cm³/mol. The number of nitrogens with one attached hydrogen (secondary N) is 1. The highest BCUT2D eigenvalue weighted by Gasteiger charge is 2.33. The van der Waals surface area contributed by atoms with Gasteiger partial charge in [-0.15, -0.1) is 0 Å². The number of primary amides is 1. The summed E-state index contributed by atoms with van der Waals surface area (Å²) in [7, 11) is 0. The van der Waals surface area contributed by atoms with Gasteiger partial charge < -0.3 is 16.2 Å². The van der Waals surface area contributed by atoms with E-state index in [4.69, 9.17) is 15.9 Å².